The van der Waals surface area contributed by atoms with E-state index in [4.69, 9.17) is 0 Å². The Morgan fingerprint density at radius 2 is 1.86 bits per heavy atom. The van der Waals surface area contributed by atoms with E-state index in [0.717, 1.165) is 39.1 Å². The van der Waals surface area contributed by atoms with Gasteiger partial charge >= 0.3 is 0 Å². The minimum Gasteiger partial charge on any atom is -0.380 e. The average molecular weight is 303 g/mol. The molecule has 2 aliphatic rings. The number of allylic oxidation sites excluding steroid dienone is 1. The summed E-state index contributed by atoms with van der Waals surface area (Å²) in [4.78, 5) is 28.0. The largest absolute Gasteiger partial charge is 0.380 e. The topological polar surface area (TPSA) is 52.6 Å². The predicted molar refractivity (Wildman–Crippen MR) is 90.7 cm³/mol. The van der Waals surface area contributed by atoms with Gasteiger partial charge in [0, 0.05) is 32.7 Å². The van der Waals surface area contributed by atoms with Crippen molar-refractivity contribution >= 4 is 11.4 Å². The molecule has 1 aliphatic carbocycles. The Labute approximate surface area is 131 Å². The van der Waals surface area contributed by atoms with Gasteiger partial charge in [0.1, 0.15) is 11.4 Å². The minimum atomic E-state index is -0.341. The van der Waals surface area contributed by atoms with E-state index < -0.39 is 0 Å². The van der Waals surface area contributed by atoms with Gasteiger partial charge in [0.25, 0.3) is 10.9 Å². The number of anilines is 2. The molecule has 1 saturated heterocycles. The zero-order valence-corrected chi connectivity index (χ0v) is 13.4. The normalized spacial score (nSPS) is 20.2. The van der Waals surface area contributed by atoms with Gasteiger partial charge in [-0.3, -0.25) is 9.59 Å². The molecule has 22 heavy (non-hydrogen) atoms. The summed E-state index contributed by atoms with van der Waals surface area (Å²) in [5, 5.41) is 3.22. The summed E-state index contributed by atoms with van der Waals surface area (Å²) in [6.07, 6.45) is 8.23. The molecule has 5 heteroatoms. The van der Waals surface area contributed by atoms with E-state index in [0.29, 0.717) is 11.4 Å². The van der Waals surface area contributed by atoms with Crippen molar-refractivity contribution in [1.82, 2.24) is 4.90 Å². The van der Waals surface area contributed by atoms with Crippen molar-refractivity contribution < 1.29 is 0 Å². The summed E-state index contributed by atoms with van der Waals surface area (Å²) >= 11 is 0. The van der Waals surface area contributed by atoms with Crippen LogP contribution in [0.3, 0.4) is 0 Å². The van der Waals surface area contributed by atoms with Crippen molar-refractivity contribution in [2.24, 2.45) is 0 Å². The Balaban J connectivity index is 1.59. The van der Waals surface area contributed by atoms with Crippen LogP contribution in [0.2, 0.25) is 0 Å². The molecular formula is C17H25N3O2. The number of piperazine rings is 1. The summed E-state index contributed by atoms with van der Waals surface area (Å²) in [5.74, 6) is 0. The molecule has 1 heterocycles. The van der Waals surface area contributed by atoms with Crippen LogP contribution < -0.4 is 21.1 Å². The molecule has 0 atom stereocenters. The summed E-state index contributed by atoms with van der Waals surface area (Å²) in [6, 6.07) is 0. The van der Waals surface area contributed by atoms with Crippen LogP contribution >= 0.6 is 0 Å². The highest BCUT2D eigenvalue weighted by Crippen LogP contribution is 2.23. The van der Waals surface area contributed by atoms with Gasteiger partial charge in [-0.05, 0) is 39.2 Å². The zero-order valence-electron chi connectivity index (χ0n) is 13.4. The maximum absolute atomic E-state index is 11.9. The molecule has 1 N–H and O–H groups in total. The lowest BCUT2D eigenvalue weighted by atomic mass is 9.97. The molecule has 0 spiro atoms. The second kappa shape index (κ2) is 6.65. The average Bonchev–Trinajstić information content (AvgIpc) is 2.56. The summed E-state index contributed by atoms with van der Waals surface area (Å²) in [6.45, 7) is 4.26. The Kier molecular flexibility index (Phi) is 4.62. The Morgan fingerprint density at radius 3 is 2.55 bits per heavy atom. The lowest BCUT2D eigenvalue weighted by molar-refractivity contribution is 0.312. The van der Waals surface area contributed by atoms with E-state index in [1.807, 2.05) is 0 Å². The smallest absolute Gasteiger partial charge is 0.253 e. The SMILES string of the molecule is CN1CCN(c2c(NCCC3=CCCCC3)c(=O)c2=O)CC1. The van der Waals surface area contributed by atoms with Gasteiger partial charge in [0.15, 0.2) is 0 Å². The molecule has 3 rings (SSSR count). The Hall–Kier alpha value is -1.62. The Morgan fingerprint density at radius 1 is 1.09 bits per heavy atom. The van der Waals surface area contributed by atoms with Crippen molar-refractivity contribution in [1.29, 1.82) is 0 Å². The molecule has 1 fully saturated rings. The number of nitrogens with one attached hydrogen (secondary N) is 1. The number of likely N-dealkylation sites (N-methyl/N-ethyl adjacent to an activating group) is 1. The van der Waals surface area contributed by atoms with Crippen LogP contribution in [-0.4, -0.2) is 44.7 Å². The third-order valence-corrected chi connectivity index (χ3v) is 4.84. The van der Waals surface area contributed by atoms with Crippen LogP contribution in [-0.2, 0) is 0 Å². The fourth-order valence-electron chi connectivity index (χ4n) is 3.36. The van der Waals surface area contributed by atoms with Crippen LogP contribution in [0.4, 0.5) is 11.4 Å². The van der Waals surface area contributed by atoms with Gasteiger partial charge in [-0.1, -0.05) is 11.6 Å². The molecule has 0 aromatic heterocycles. The minimum absolute atomic E-state index is 0.316. The first kappa shape index (κ1) is 15.3. The molecule has 1 aliphatic heterocycles. The van der Waals surface area contributed by atoms with Crippen molar-refractivity contribution in [3.63, 3.8) is 0 Å². The number of hydrogen-bond acceptors (Lipinski definition) is 5. The molecule has 1 aromatic rings. The fourth-order valence-corrected chi connectivity index (χ4v) is 3.36. The van der Waals surface area contributed by atoms with Crippen molar-refractivity contribution in [3.8, 4) is 0 Å². The number of nitrogens with zero attached hydrogens (tertiary/aromatic N) is 2. The zero-order chi connectivity index (χ0) is 15.5. The fraction of sp³-hybridized carbons (Fsp3) is 0.647. The number of rotatable bonds is 5. The number of hydrogen-bond donors (Lipinski definition) is 1. The summed E-state index contributed by atoms with van der Waals surface area (Å²) in [5.41, 5.74) is 2.00. The molecule has 0 amide bonds. The highest BCUT2D eigenvalue weighted by atomic mass is 16.2. The van der Waals surface area contributed by atoms with Gasteiger partial charge in [0.2, 0.25) is 0 Å². The van der Waals surface area contributed by atoms with Crippen LogP contribution in [0.1, 0.15) is 32.1 Å². The van der Waals surface area contributed by atoms with E-state index >= 15 is 0 Å². The van der Waals surface area contributed by atoms with Crippen molar-refractivity contribution in [2.75, 3.05) is 50.0 Å². The third kappa shape index (κ3) is 3.09. The molecule has 5 nitrogen and oxygen atoms in total. The van der Waals surface area contributed by atoms with Crippen molar-refractivity contribution in [2.45, 2.75) is 32.1 Å². The van der Waals surface area contributed by atoms with Crippen LogP contribution in [0, 0.1) is 0 Å². The van der Waals surface area contributed by atoms with Crippen LogP contribution in [0.5, 0.6) is 0 Å². The van der Waals surface area contributed by atoms with Crippen LogP contribution in [0.25, 0.3) is 0 Å². The summed E-state index contributed by atoms with van der Waals surface area (Å²) in [7, 11) is 2.08. The van der Waals surface area contributed by atoms with Crippen LogP contribution in [0.15, 0.2) is 21.2 Å². The van der Waals surface area contributed by atoms with E-state index in [2.05, 4.69) is 28.2 Å². The van der Waals surface area contributed by atoms with Gasteiger partial charge in [-0.2, -0.15) is 0 Å². The highest BCUT2D eigenvalue weighted by Gasteiger charge is 2.27. The summed E-state index contributed by atoms with van der Waals surface area (Å²) < 4.78 is 0. The van der Waals surface area contributed by atoms with Gasteiger partial charge < -0.3 is 15.1 Å². The van der Waals surface area contributed by atoms with E-state index in [9.17, 15) is 9.59 Å². The first-order valence-corrected chi connectivity index (χ1v) is 8.35. The molecule has 0 unspecified atom stereocenters. The first-order valence-electron chi connectivity index (χ1n) is 8.35. The lowest BCUT2D eigenvalue weighted by Gasteiger charge is -2.35. The quantitative estimate of drug-likeness (QED) is 0.657. The van der Waals surface area contributed by atoms with Gasteiger partial charge in [-0.25, -0.2) is 0 Å². The maximum atomic E-state index is 11.9. The second-order valence-electron chi connectivity index (χ2n) is 6.46. The molecule has 0 saturated carbocycles. The monoisotopic (exact) mass is 303 g/mol. The first-order chi connectivity index (χ1) is 10.7. The van der Waals surface area contributed by atoms with E-state index in [1.54, 1.807) is 0 Å². The van der Waals surface area contributed by atoms with E-state index in [1.165, 1.54) is 31.3 Å². The highest BCUT2D eigenvalue weighted by molar-refractivity contribution is 5.75. The molecule has 120 valence electrons. The maximum Gasteiger partial charge on any atom is 0.253 e. The molecule has 0 radical (unpaired) electrons. The molecular weight excluding hydrogens is 278 g/mol. The van der Waals surface area contributed by atoms with Gasteiger partial charge in [-0.15, -0.1) is 0 Å². The molecule has 1 aromatic carbocycles. The lowest BCUT2D eigenvalue weighted by Crippen LogP contribution is -2.50. The Bertz CT molecular complexity index is 620. The predicted octanol–water partition coefficient (Wildman–Crippen LogP) is 1.34. The molecule has 0 bridgehead atoms. The van der Waals surface area contributed by atoms with E-state index in [-0.39, 0.29) is 10.9 Å². The third-order valence-electron chi connectivity index (χ3n) is 4.84. The standard InChI is InChI=1S/C17H25N3O2/c1-19-9-11-20(12-10-19)15-14(16(21)17(15)22)18-8-7-13-5-3-2-4-6-13/h5,18H,2-4,6-12H2,1H3. The second-order valence-corrected chi connectivity index (χ2v) is 6.46. The van der Waals surface area contributed by atoms with Gasteiger partial charge in [0.05, 0.1) is 0 Å². The van der Waals surface area contributed by atoms with Crippen molar-refractivity contribution in [3.05, 3.63) is 32.1 Å².